The van der Waals surface area contributed by atoms with Gasteiger partial charge in [0.05, 0.1) is 4.88 Å². The first-order valence-electron chi connectivity index (χ1n) is 7.18. The molecule has 0 fully saturated rings. The molecule has 8 heteroatoms. The summed E-state index contributed by atoms with van der Waals surface area (Å²) in [5, 5.41) is 13.8. The average molecular weight is 340 g/mol. The van der Waals surface area contributed by atoms with Crippen LogP contribution in [-0.2, 0) is 6.61 Å². The van der Waals surface area contributed by atoms with Crippen LogP contribution in [0.5, 0.6) is 5.75 Å². The van der Waals surface area contributed by atoms with Crippen LogP contribution in [0.15, 0.2) is 50.7 Å². The first-order chi connectivity index (χ1) is 11.8. The molecule has 0 atom stereocenters. The Bertz CT molecular complexity index is 929. The number of benzene rings is 1. The van der Waals surface area contributed by atoms with Gasteiger partial charge in [0, 0.05) is 12.5 Å². The summed E-state index contributed by atoms with van der Waals surface area (Å²) < 4.78 is 16.2. The minimum atomic E-state index is 0.207. The maximum absolute atomic E-state index is 5.66. The molecule has 24 heavy (non-hydrogen) atoms. The molecule has 0 radical (unpaired) electrons. The molecule has 3 heterocycles. The molecule has 4 aromatic rings. The monoisotopic (exact) mass is 340 g/mol. The fourth-order valence-electron chi connectivity index (χ4n) is 2.07. The molecule has 0 aliphatic carbocycles. The summed E-state index contributed by atoms with van der Waals surface area (Å²) in [5.74, 6) is 2.71. The van der Waals surface area contributed by atoms with Crippen LogP contribution in [0.2, 0.25) is 0 Å². The standard InChI is InChI=1S/C16H12N4O3S/c1-10-17-15(20-23-10)11-4-6-12(7-5-11)21-9-14-18-19-16(22-14)13-3-2-8-24-13/h2-8H,9H2,1H3. The molecule has 0 spiro atoms. The van der Waals surface area contributed by atoms with E-state index in [1.807, 2.05) is 41.8 Å². The summed E-state index contributed by atoms with van der Waals surface area (Å²) in [7, 11) is 0. The Balaban J connectivity index is 1.41. The van der Waals surface area contributed by atoms with E-state index in [4.69, 9.17) is 13.7 Å². The number of rotatable bonds is 5. The predicted octanol–water partition coefficient (Wildman–Crippen LogP) is 3.74. The molecular formula is C16H12N4O3S. The quantitative estimate of drug-likeness (QED) is 0.547. The van der Waals surface area contributed by atoms with Crippen molar-refractivity contribution in [2.75, 3.05) is 0 Å². The smallest absolute Gasteiger partial charge is 0.257 e. The Labute approximate surface area is 140 Å². The second kappa shape index (κ2) is 6.25. The van der Waals surface area contributed by atoms with Gasteiger partial charge in [-0.25, -0.2) is 0 Å². The summed E-state index contributed by atoms with van der Waals surface area (Å²) in [5.41, 5.74) is 0.858. The SMILES string of the molecule is Cc1nc(-c2ccc(OCc3nnc(-c4cccs4)o3)cc2)no1. The number of hydrogen-bond donors (Lipinski definition) is 0. The molecule has 0 saturated heterocycles. The van der Waals surface area contributed by atoms with Crippen LogP contribution in [0.3, 0.4) is 0 Å². The number of ether oxygens (including phenoxy) is 1. The lowest BCUT2D eigenvalue weighted by molar-refractivity contribution is 0.264. The van der Waals surface area contributed by atoms with Crippen LogP contribution in [0, 0.1) is 6.92 Å². The fourth-order valence-corrected chi connectivity index (χ4v) is 2.72. The topological polar surface area (TPSA) is 87.1 Å². The van der Waals surface area contributed by atoms with Gasteiger partial charge in [-0.1, -0.05) is 11.2 Å². The van der Waals surface area contributed by atoms with Crippen molar-refractivity contribution in [3.63, 3.8) is 0 Å². The summed E-state index contributed by atoms with van der Waals surface area (Å²) in [6, 6.07) is 11.3. The molecule has 0 amide bonds. The van der Waals surface area contributed by atoms with Gasteiger partial charge in [0.1, 0.15) is 5.75 Å². The number of hydrogen-bond acceptors (Lipinski definition) is 8. The number of aryl methyl sites for hydroxylation is 1. The van der Waals surface area contributed by atoms with Crippen molar-refractivity contribution in [2.24, 2.45) is 0 Å². The first kappa shape index (κ1) is 14.6. The molecule has 4 rings (SSSR count). The largest absolute Gasteiger partial charge is 0.484 e. The van der Waals surface area contributed by atoms with E-state index in [-0.39, 0.29) is 6.61 Å². The van der Waals surface area contributed by atoms with Gasteiger partial charge in [0.2, 0.25) is 11.7 Å². The van der Waals surface area contributed by atoms with E-state index in [2.05, 4.69) is 20.3 Å². The lowest BCUT2D eigenvalue weighted by Crippen LogP contribution is -1.95. The minimum Gasteiger partial charge on any atom is -0.484 e. The molecule has 0 aliphatic heterocycles. The van der Waals surface area contributed by atoms with Gasteiger partial charge in [-0.15, -0.1) is 21.5 Å². The zero-order valence-electron chi connectivity index (χ0n) is 12.7. The zero-order valence-corrected chi connectivity index (χ0v) is 13.5. The lowest BCUT2D eigenvalue weighted by atomic mass is 10.2. The summed E-state index contributed by atoms with van der Waals surface area (Å²) in [4.78, 5) is 5.12. The summed E-state index contributed by atoms with van der Waals surface area (Å²) in [6.07, 6.45) is 0. The van der Waals surface area contributed by atoms with E-state index < -0.39 is 0 Å². The van der Waals surface area contributed by atoms with Crippen LogP contribution in [0.4, 0.5) is 0 Å². The molecule has 120 valence electrons. The Morgan fingerprint density at radius 1 is 1.12 bits per heavy atom. The molecule has 7 nitrogen and oxygen atoms in total. The third kappa shape index (κ3) is 3.04. The van der Waals surface area contributed by atoms with Crippen molar-refractivity contribution in [2.45, 2.75) is 13.5 Å². The molecular weight excluding hydrogens is 328 g/mol. The van der Waals surface area contributed by atoms with Gasteiger partial charge in [0.15, 0.2) is 6.61 Å². The van der Waals surface area contributed by atoms with Crippen molar-refractivity contribution in [1.29, 1.82) is 0 Å². The van der Waals surface area contributed by atoms with E-state index in [9.17, 15) is 0 Å². The van der Waals surface area contributed by atoms with Crippen molar-refractivity contribution in [3.8, 4) is 27.9 Å². The van der Waals surface area contributed by atoms with Gasteiger partial charge in [-0.2, -0.15) is 4.98 Å². The van der Waals surface area contributed by atoms with Crippen LogP contribution in [-0.4, -0.2) is 20.3 Å². The second-order valence-corrected chi connectivity index (χ2v) is 5.88. The Kier molecular flexibility index (Phi) is 3.80. The number of nitrogens with zero attached hydrogens (tertiary/aromatic N) is 4. The average Bonchev–Trinajstić information content (AvgIpc) is 3.34. The van der Waals surface area contributed by atoms with Crippen LogP contribution in [0.25, 0.3) is 22.2 Å². The molecule has 0 saturated carbocycles. The maximum Gasteiger partial charge on any atom is 0.257 e. The zero-order chi connectivity index (χ0) is 16.4. The molecule has 0 N–H and O–H groups in total. The Morgan fingerprint density at radius 2 is 2.00 bits per heavy atom. The van der Waals surface area contributed by atoms with Gasteiger partial charge < -0.3 is 13.7 Å². The third-order valence-corrected chi connectivity index (χ3v) is 4.06. The molecule has 1 aromatic carbocycles. The number of thiophene rings is 1. The normalized spacial score (nSPS) is 10.9. The van der Waals surface area contributed by atoms with E-state index >= 15 is 0 Å². The minimum absolute atomic E-state index is 0.207. The van der Waals surface area contributed by atoms with Crippen LogP contribution in [0.1, 0.15) is 11.8 Å². The molecule has 3 aromatic heterocycles. The molecule has 0 aliphatic rings. The van der Waals surface area contributed by atoms with E-state index in [0.29, 0.717) is 29.2 Å². The van der Waals surface area contributed by atoms with Crippen molar-refractivity contribution in [1.82, 2.24) is 20.3 Å². The van der Waals surface area contributed by atoms with Crippen molar-refractivity contribution < 1.29 is 13.7 Å². The second-order valence-electron chi connectivity index (χ2n) is 4.93. The Hall–Kier alpha value is -3.00. The third-order valence-electron chi connectivity index (χ3n) is 3.20. The maximum atomic E-state index is 5.66. The predicted molar refractivity (Wildman–Crippen MR) is 86.4 cm³/mol. The highest BCUT2D eigenvalue weighted by atomic mass is 32.1. The lowest BCUT2D eigenvalue weighted by Gasteiger charge is -2.03. The highest BCUT2D eigenvalue weighted by Crippen LogP contribution is 2.24. The van der Waals surface area contributed by atoms with Gasteiger partial charge in [-0.3, -0.25) is 0 Å². The van der Waals surface area contributed by atoms with E-state index in [1.54, 1.807) is 18.3 Å². The van der Waals surface area contributed by atoms with E-state index in [1.165, 1.54) is 0 Å². The van der Waals surface area contributed by atoms with Gasteiger partial charge in [0.25, 0.3) is 11.8 Å². The number of aromatic nitrogens is 4. The highest BCUT2D eigenvalue weighted by molar-refractivity contribution is 7.13. The summed E-state index contributed by atoms with van der Waals surface area (Å²) >= 11 is 1.55. The Morgan fingerprint density at radius 3 is 2.71 bits per heavy atom. The molecule has 0 unspecified atom stereocenters. The molecule has 0 bridgehead atoms. The summed E-state index contributed by atoms with van der Waals surface area (Å²) in [6.45, 7) is 1.96. The first-order valence-corrected chi connectivity index (χ1v) is 8.06. The van der Waals surface area contributed by atoms with Crippen molar-refractivity contribution >= 4 is 11.3 Å². The fraction of sp³-hybridized carbons (Fsp3) is 0.125. The van der Waals surface area contributed by atoms with Crippen LogP contribution < -0.4 is 4.74 Å². The van der Waals surface area contributed by atoms with Crippen LogP contribution >= 0.6 is 11.3 Å². The van der Waals surface area contributed by atoms with Crippen molar-refractivity contribution in [3.05, 3.63) is 53.6 Å². The van der Waals surface area contributed by atoms with E-state index in [0.717, 1.165) is 10.4 Å². The highest BCUT2D eigenvalue weighted by Gasteiger charge is 2.10. The van der Waals surface area contributed by atoms with Gasteiger partial charge in [-0.05, 0) is 35.7 Å². The van der Waals surface area contributed by atoms with Gasteiger partial charge >= 0.3 is 0 Å².